The number of halogens is 1. The molecular formula is C13H18ClN5. The van der Waals surface area contributed by atoms with E-state index < -0.39 is 0 Å². The molecule has 0 amide bonds. The van der Waals surface area contributed by atoms with Gasteiger partial charge in [0, 0.05) is 12.1 Å². The maximum atomic E-state index is 6.02. The number of aromatic nitrogens is 4. The van der Waals surface area contributed by atoms with Crippen molar-refractivity contribution in [2.45, 2.75) is 45.1 Å². The van der Waals surface area contributed by atoms with Crippen LogP contribution in [0.1, 0.15) is 39.0 Å². The zero-order valence-corrected chi connectivity index (χ0v) is 11.8. The third-order valence-electron chi connectivity index (χ3n) is 3.95. The molecule has 3 rings (SSSR count). The van der Waals surface area contributed by atoms with Crippen LogP contribution in [0.4, 0.5) is 5.82 Å². The monoisotopic (exact) mass is 279 g/mol. The Balaban J connectivity index is 1.82. The van der Waals surface area contributed by atoms with Crippen LogP contribution < -0.4 is 5.32 Å². The van der Waals surface area contributed by atoms with Crippen molar-refractivity contribution in [1.82, 2.24) is 19.6 Å². The summed E-state index contributed by atoms with van der Waals surface area (Å²) in [4.78, 5) is 8.21. The molecule has 0 spiro atoms. The van der Waals surface area contributed by atoms with E-state index in [9.17, 15) is 0 Å². The molecule has 5 nitrogen and oxygen atoms in total. The van der Waals surface area contributed by atoms with Crippen LogP contribution in [0.3, 0.4) is 0 Å². The zero-order chi connectivity index (χ0) is 13.2. The lowest BCUT2D eigenvalue weighted by Gasteiger charge is -2.28. The van der Waals surface area contributed by atoms with Gasteiger partial charge < -0.3 is 5.32 Å². The highest BCUT2D eigenvalue weighted by atomic mass is 35.5. The van der Waals surface area contributed by atoms with E-state index >= 15 is 0 Å². The predicted molar refractivity (Wildman–Crippen MR) is 75.5 cm³/mol. The van der Waals surface area contributed by atoms with Crippen molar-refractivity contribution in [1.29, 1.82) is 0 Å². The summed E-state index contributed by atoms with van der Waals surface area (Å²) in [7, 11) is 0. The SMILES string of the molecule is CC(Nc1cc(Cl)nc2ncnn12)C1CCCCC1. The highest BCUT2D eigenvalue weighted by molar-refractivity contribution is 6.29. The zero-order valence-electron chi connectivity index (χ0n) is 11.0. The van der Waals surface area contributed by atoms with Crippen molar-refractivity contribution in [3.05, 3.63) is 17.5 Å². The molecule has 0 radical (unpaired) electrons. The van der Waals surface area contributed by atoms with E-state index in [0.29, 0.717) is 17.0 Å². The molecule has 1 aliphatic rings. The predicted octanol–water partition coefficient (Wildman–Crippen LogP) is 3.16. The topological polar surface area (TPSA) is 55.1 Å². The molecule has 1 unspecified atom stereocenters. The summed E-state index contributed by atoms with van der Waals surface area (Å²) in [6.45, 7) is 2.23. The Morgan fingerprint density at radius 1 is 1.37 bits per heavy atom. The Bertz CT molecular complexity index is 561. The van der Waals surface area contributed by atoms with Gasteiger partial charge in [0.05, 0.1) is 0 Å². The molecule has 0 bridgehead atoms. The van der Waals surface area contributed by atoms with E-state index in [4.69, 9.17) is 11.6 Å². The van der Waals surface area contributed by atoms with Crippen LogP contribution in [0.15, 0.2) is 12.4 Å². The maximum absolute atomic E-state index is 6.02. The number of hydrogen-bond donors (Lipinski definition) is 1. The molecule has 102 valence electrons. The molecule has 1 N–H and O–H groups in total. The first-order chi connectivity index (χ1) is 9.24. The van der Waals surface area contributed by atoms with E-state index in [2.05, 4.69) is 27.3 Å². The first-order valence-electron chi connectivity index (χ1n) is 6.87. The van der Waals surface area contributed by atoms with E-state index in [1.807, 2.05) is 6.07 Å². The van der Waals surface area contributed by atoms with Crippen LogP contribution in [0.5, 0.6) is 0 Å². The number of nitrogens with one attached hydrogen (secondary N) is 1. The van der Waals surface area contributed by atoms with Crippen LogP contribution in [-0.4, -0.2) is 25.6 Å². The number of hydrogen-bond acceptors (Lipinski definition) is 4. The van der Waals surface area contributed by atoms with Crippen LogP contribution in [-0.2, 0) is 0 Å². The van der Waals surface area contributed by atoms with Gasteiger partial charge in [0.25, 0.3) is 5.78 Å². The summed E-state index contributed by atoms with van der Waals surface area (Å²) in [5.41, 5.74) is 0. The molecule has 0 aromatic carbocycles. The van der Waals surface area contributed by atoms with Gasteiger partial charge in [-0.25, -0.2) is 0 Å². The first-order valence-corrected chi connectivity index (χ1v) is 7.24. The fourth-order valence-corrected chi connectivity index (χ4v) is 3.05. The van der Waals surface area contributed by atoms with Crippen molar-refractivity contribution in [3.63, 3.8) is 0 Å². The van der Waals surface area contributed by atoms with Crippen LogP contribution >= 0.6 is 11.6 Å². The minimum Gasteiger partial charge on any atom is -0.367 e. The standard InChI is InChI=1S/C13H18ClN5/c1-9(10-5-3-2-4-6-10)17-12-7-11(14)18-13-15-8-16-19(12)13/h7-10,17H,2-6H2,1H3. The Morgan fingerprint density at radius 3 is 2.95 bits per heavy atom. The Labute approximate surface area is 117 Å². The third-order valence-corrected chi connectivity index (χ3v) is 4.15. The number of fused-ring (bicyclic) bond motifs is 1. The van der Waals surface area contributed by atoms with Crippen molar-refractivity contribution >= 4 is 23.2 Å². The molecule has 2 aromatic heterocycles. The second kappa shape index (κ2) is 5.33. The minimum atomic E-state index is 0.408. The van der Waals surface area contributed by atoms with Crippen molar-refractivity contribution in [2.24, 2.45) is 5.92 Å². The molecule has 1 aliphatic carbocycles. The van der Waals surface area contributed by atoms with E-state index in [1.165, 1.54) is 38.4 Å². The largest absolute Gasteiger partial charge is 0.367 e. The van der Waals surface area contributed by atoms with Gasteiger partial charge in [-0.15, -0.1) is 0 Å². The third kappa shape index (κ3) is 2.66. The fourth-order valence-electron chi connectivity index (χ4n) is 2.87. The Kier molecular flexibility index (Phi) is 3.55. The molecule has 2 heterocycles. The van der Waals surface area contributed by atoms with Crippen LogP contribution in [0, 0.1) is 5.92 Å². The van der Waals surface area contributed by atoms with E-state index in [0.717, 1.165) is 11.7 Å². The Morgan fingerprint density at radius 2 is 2.16 bits per heavy atom. The van der Waals surface area contributed by atoms with Gasteiger partial charge >= 0.3 is 0 Å². The summed E-state index contributed by atoms with van der Waals surface area (Å²) in [6.07, 6.45) is 8.15. The van der Waals surface area contributed by atoms with E-state index in [1.54, 1.807) is 4.52 Å². The van der Waals surface area contributed by atoms with Crippen molar-refractivity contribution in [3.8, 4) is 0 Å². The smallest absolute Gasteiger partial charge is 0.255 e. The summed E-state index contributed by atoms with van der Waals surface area (Å²) in [5, 5.41) is 8.14. The van der Waals surface area contributed by atoms with Crippen molar-refractivity contribution in [2.75, 3.05) is 5.32 Å². The van der Waals surface area contributed by atoms with Gasteiger partial charge in [0.15, 0.2) is 0 Å². The number of nitrogens with zero attached hydrogens (tertiary/aromatic N) is 4. The highest BCUT2D eigenvalue weighted by Crippen LogP contribution is 2.28. The quantitative estimate of drug-likeness (QED) is 0.877. The van der Waals surface area contributed by atoms with Gasteiger partial charge in [0.1, 0.15) is 17.3 Å². The molecule has 19 heavy (non-hydrogen) atoms. The lowest BCUT2D eigenvalue weighted by molar-refractivity contribution is 0.328. The summed E-state index contributed by atoms with van der Waals surface area (Å²) in [6, 6.07) is 2.22. The minimum absolute atomic E-state index is 0.408. The first kappa shape index (κ1) is 12.7. The lowest BCUT2D eigenvalue weighted by Crippen LogP contribution is -2.28. The van der Waals surface area contributed by atoms with Gasteiger partial charge in [-0.3, -0.25) is 0 Å². The van der Waals surface area contributed by atoms with Gasteiger partial charge in [-0.2, -0.15) is 19.6 Å². The molecular weight excluding hydrogens is 262 g/mol. The number of anilines is 1. The summed E-state index contributed by atoms with van der Waals surface area (Å²) < 4.78 is 1.70. The second-order valence-electron chi connectivity index (χ2n) is 5.27. The molecule has 0 saturated heterocycles. The van der Waals surface area contributed by atoms with Gasteiger partial charge in [0.2, 0.25) is 0 Å². The second-order valence-corrected chi connectivity index (χ2v) is 5.65. The summed E-state index contributed by atoms with van der Waals surface area (Å²) >= 11 is 6.02. The van der Waals surface area contributed by atoms with Gasteiger partial charge in [-0.05, 0) is 25.7 Å². The maximum Gasteiger partial charge on any atom is 0.255 e. The molecule has 1 saturated carbocycles. The Hall–Kier alpha value is -1.36. The molecule has 1 fully saturated rings. The average molecular weight is 280 g/mol. The van der Waals surface area contributed by atoms with Crippen molar-refractivity contribution < 1.29 is 0 Å². The van der Waals surface area contributed by atoms with Gasteiger partial charge in [-0.1, -0.05) is 30.9 Å². The number of rotatable bonds is 3. The average Bonchev–Trinajstić information content (AvgIpc) is 2.88. The van der Waals surface area contributed by atoms with E-state index in [-0.39, 0.29) is 0 Å². The summed E-state index contributed by atoms with van der Waals surface area (Å²) in [5.74, 6) is 2.12. The molecule has 0 aliphatic heterocycles. The normalized spacial score (nSPS) is 18.6. The van der Waals surface area contributed by atoms with Crippen LogP contribution in [0.25, 0.3) is 5.78 Å². The highest BCUT2D eigenvalue weighted by Gasteiger charge is 2.21. The fraction of sp³-hybridized carbons (Fsp3) is 0.615. The lowest BCUT2D eigenvalue weighted by atomic mass is 9.84. The molecule has 2 aromatic rings. The molecule has 6 heteroatoms. The molecule has 1 atom stereocenters. The van der Waals surface area contributed by atoms with Crippen LogP contribution in [0.2, 0.25) is 5.15 Å².